The van der Waals surface area contributed by atoms with Crippen LogP contribution >= 0.6 is 0 Å². The third kappa shape index (κ3) is 4.59. The molecule has 1 aliphatic heterocycles. The van der Waals surface area contributed by atoms with Crippen molar-refractivity contribution in [3.8, 4) is 0 Å². The monoisotopic (exact) mass is 313 g/mol. The van der Waals surface area contributed by atoms with Gasteiger partial charge >= 0.3 is 0 Å². The fourth-order valence-electron chi connectivity index (χ4n) is 2.82. The van der Waals surface area contributed by atoms with Crippen LogP contribution in [-0.4, -0.2) is 37.8 Å². The van der Waals surface area contributed by atoms with Crippen LogP contribution in [0.15, 0.2) is 22.8 Å². The van der Waals surface area contributed by atoms with E-state index in [0.717, 1.165) is 18.6 Å². The zero-order valence-corrected chi connectivity index (χ0v) is 13.4. The van der Waals surface area contributed by atoms with Crippen molar-refractivity contribution in [1.82, 2.24) is 4.90 Å². The van der Waals surface area contributed by atoms with E-state index in [1.54, 1.807) is 6.26 Å². The number of hydrogen-bond donors (Lipinski definition) is 0. The van der Waals surface area contributed by atoms with E-state index in [9.17, 15) is 13.2 Å². The van der Waals surface area contributed by atoms with Gasteiger partial charge in [-0.3, -0.25) is 4.79 Å². The summed E-state index contributed by atoms with van der Waals surface area (Å²) in [6.07, 6.45) is 5.36. The second kappa shape index (κ2) is 6.64. The number of hydrogen-bond acceptors (Lipinski definition) is 4. The molecule has 0 N–H and O–H groups in total. The van der Waals surface area contributed by atoms with E-state index in [-0.39, 0.29) is 24.1 Å². The number of likely N-dealkylation sites (tertiary alicyclic amines) is 1. The topological polar surface area (TPSA) is 67.6 Å². The molecule has 2 rings (SSSR count). The molecule has 1 amide bonds. The van der Waals surface area contributed by atoms with Gasteiger partial charge in [-0.1, -0.05) is 6.92 Å². The fourth-order valence-corrected chi connectivity index (χ4v) is 3.49. The maximum Gasteiger partial charge on any atom is 0.223 e. The Balaban J connectivity index is 2.00. The summed E-state index contributed by atoms with van der Waals surface area (Å²) < 4.78 is 27.8. The molecule has 1 aromatic heterocycles. The molecule has 1 aromatic rings. The van der Waals surface area contributed by atoms with Gasteiger partial charge in [-0.25, -0.2) is 8.42 Å². The number of piperidine rings is 1. The summed E-state index contributed by atoms with van der Waals surface area (Å²) in [5, 5.41) is 0. The van der Waals surface area contributed by atoms with Crippen LogP contribution in [0.3, 0.4) is 0 Å². The van der Waals surface area contributed by atoms with Crippen molar-refractivity contribution in [3.63, 3.8) is 0 Å². The zero-order chi connectivity index (χ0) is 15.5. The summed E-state index contributed by atoms with van der Waals surface area (Å²) in [6.45, 7) is 2.89. The lowest BCUT2D eigenvalue weighted by Crippen LogP contribution is -2.40. The minimum absolute atomic E-state index is 0.0190. The Morgan fingerprint density at radius 3 is 2.86 bits per heavy atom. The largest absolute Gasteiger partial charge is 0.467 e. The first-order valence-electron chi connectivity index (χ1n) is 7.37. The first kappa shape index (κ1) is 16.1. The van der Waals surface area contributed by atoms with Gasteiger partial charge in [0.2, 0.25) is 5.91 Å². The van der Waals surface area contributed by atoms with Crippen LogP contribution in [0.2, 0.25) is 0 Å². The van der Waals surface area contributed by atoms with E-state index in [1.165, 1.54) is 6.26 Å². The summed E-state index contributed by atoms with van der Waals surface area (Å²) >= 11 is 0. The first-order chi connectivity index (χ1) is 9.87. The molecule has 0 aromatic carbocycles. The Labute approximate surface area is 126 Å². The molecule has 0 aliphatic carbocycles. The summed E-state index contributed by atoms with van der Waals surface area (Å²) in [6, 6.07) is 3.72. The van der Waals surface area contributed by atoms with Gasteiger partial charge in [0.05, 0.1) is 18.1 Å². The van der Waals surface area contributed by atoms with Crippen LogP contribution < -0.4 is 0 Å². The molecule has 2 heterocycles. The Bertz CT molecular complexity index is 565. The number of rotatable bonds is 5. The van der Waals surface area contributed by atoms with E-state index in [1.807, 2.05) is 17.0 Å². The van der Waals surface area contributed by atoms with Gasteiger partial charge < -0.3 is 9.32 Å². The Morgan fingerprint density at radius 1 is 1.48 bits per heavy atom. The van der Waals surface area contributed by atoms with Crippen LogP contribution in [0.5, 0.6) is 0 Å². The van der Waals surface area contributed by atoms with Crippen molar-refractivity contribution in [2.24, 2.45) is 5.92 Å². The number of carbonyl (C=O) groups is 1. The molecule has 0 radical (unpaired) electrons. The molecule has 0 spiro atoms. The predicted octanol–water partition coefficient (Wildman–Crippen LogP) is 2.40. The van der Waals surface area contributed by atoms with Crippen LogP contribution in [-0.2, 0) is 14.6 Å². The molecule has 0 bridgehead atoms. The molecular formula is C15H23NO4S. The van der Waals surface area contributed by atoms with Crippen molar-refractivity contribution in [2.45, 2.75) is 38.6 Å². The molecule has 5 nitrogen and oxygen atoms in total. The van der Waals surface area contributed by atoms with Crippen molar-refractivity contribution in [1.29, 1.82) is 0 Å². The maximum absolute atomic E-state index is 12.4. The molecule has 0 unspecified atom stereocenters. The van der Waals surface area contributed by atoms with Crippen molar-refractivity contribution < 1.29 is 17.6 Å². The van der Waals surface area contributed by atoms with Gasteiger partial charge in [0.1, 0.15) is 15.6 Å². The van der Waals surface area contributed by atoms with Gasteiger partial charge in [-0.05, 0) is 37.3 Å². The van der Waals surface area contributed by atoms with Gasteiger partial charge in [-0.15, -0.1) is 0 Å². The minimum atomic E-state index is -3.01. The molecule has 1 saturated heterocycles. The third-order valence-electron chi connectivity index (χ3n) is 3.96. The van der Waals surface area contributed by atoms with Crippen molar-refractivity contribution in [3.05, 3.63) is 24.2 Å². The van der Waals surface area contributed by atoms with Gasteiger partial charge in [0, 0.05) is 19.2 Å². The van der Waals surface area contributed by atoms with E-state index in [0.29, 0.717) is 18.9 Å². The minimum Gasteiger partial charge on any atom is -0.467 e. The van der Waals surface area contributed by atoms with Crippen LogP contribution in [0.25, 0.3) is 0 Å². The number of sulfone groups is 1. The fraction of sp³-hybridized carbons (Fsp3) is 0.667. The molecule has 21 heavy (non-hydrogen) atoms. The molecule has 0 saturated carbocycles. The van der Waals surface area contributed by atoms with E-state index >= 15 is 0 Å². The van der Waals surface area contributed by atoms with Crippen molar-refractivity contribution >= 4 is 15.7 Å². The quantitative estimate of drug-likeness (QED) is 0.837. The first-order valence-corrected chi connectivity index (χ1v) is 9.43. The van der Waals surface area contributed by atoms with Crippen molar-refractivity contribution in [2.75, 3.05) is 18.6 Å². The third-order valence-corrected chi connectivity index (χ3v) is 4.99. The smallest absolute Gasteiger partial charge is 0.223 e. The number of carbonyl (C=O) groups excluding carboxylic acids is 1. The second-order valence-electron chi connectivity index (χ2n) is 5.98. The second-order valence-corrected chi connectivity index (χ2v) is 8.24. The zero-order valence-electron chi connectivity index (χ0n) is 12.6. The van der Waals surface area contributed by atoms with Crippen LogP contribution in [0.4, 0.5) is 0 Å². The van der Waals surface area contributed by atoms with Gasteiger partial charge in [0.25, 0.3) is 0 Å². The molecule has 2 atom stereocenters. The molecule has 1 aliphatic rings. The van der Waals surface area contributed by atoms with E-state index in [4.69, 9.17) is 4.42 Å². The summed E-state index contributed by atoms with van der Waals surface area (Å²) in [5.41, 5.74) is 0. The summed E-state index contributed by atoms with van der Waals surface area (Å²) in [5.74, 6) is 1.46. The summed E-state index contributed by atoms with van der Waals surface area (Å²) in [7, 11) is -3.01. The standard InChI is InChI=1S/C15H23NO4S/c1-12-7-8-16(13(11-12)14-5-3-9-20-14)15(17)6-4-10-21(2,18)19/h3,5,9,12-13H,4,6-8,10-11H2,1-2H3/t12-,13+/m1/s1. The molecular weight excluding hydrogens is 290 g/mol. The number of furan rings is 1. The number of nitrogens with zero attached hydrogens (tertiary/aromatic N) is 1. The highest BCUT2D eigenvalue weighted by atomic mass is 32.2. The van der Waals surface area contributed by atoms with Gasteiger partial charge in [0.15, 0.2) is 0 Å². The molecule has 1 fully saturated rings. The highest BCUT2D eigenvalue weighted by Gasteiger charge is 2.32. The Hall–Kier alpha value is -1.30. The average molecular weight is 313 g/mol. The average Bonchev–Trinajstić information content (AvgIpc) is 2.90. The molecule has 6 heteroatoms. The lowest BCUT2D eigenvalue weighted by atomic mass is 9.91. The lowest BCUT2D eigenvalue weighted by Gasteiger charge is -2.37. The highest BCUT2D eigenvalue weighted by Crippen LogP contribution is 2.34. The van der Waals surface area contributed by atoms with E-state index in [2.05, 4.69) is 6.92 Å². The Kier molecular flexibility index (Phi) is 5.08. The van der Waals surface area contributed by atoms with Gasteiger partial charge in [-0.2, -0.15) is 0 Å². The highest BCUT2D eigenvalue weighted by molar-refractivity contribution is 7.90. The number of amides is 1. The van der Waals surface area contributed by atoms with Crippen LogP contribution in [0, 0.1) is 5.92 Å². The predicted molar refractivity (Wildman–Crippen MR) is 80.5 cm³/mol. The normalized spacial score (nSPS) is 23.2. The van der Waals surface area contributed by atoms with Crippen LogP contribution in [0.1, 0.15) is 44.4 Å². The SMILES string of the molecule is C[C@@H]1CCN(C(=O)CCCS(C)(=O)=O)[C@H](c2ccco2)C1. The molecule has 118 valence electrons. The lowest BCUT2D eigenvalue weighted by molar-refractivity contribution is -0.136. The maximum atomic E-state index is 12.4. The van der Waals surface area contributed by atoms with E-state index < -0.39 is 9.84 Å². The Morgan fingerprint density at radius 2 is 2.24 bits per heavy atom. The summed E-state index contributed by atoms with van der Waals surface area (Å²) in [4.78, 5) is 14.2.